The predicted octanol–water partition coefficient (Wildman–Crippen LogP) is 2.50. The van der Waals surface area contributed by atoms with Gasteiger partial charge in [-0.25, -0.2) is 0 Å². The molecule has 1 rings (SSSR count). The molecule has 0 aliphatic rings. The van der Waals surface area contributed by atoms with Crippen LogP contribution in [0.3, 0.4) is 0 Å². The zero-order valence-corrected chi connectivity index (χ0v) is 11.4. The molecule has 0 spiro atoms. The second-order valence-electron chi connectivity index (χ2n) is 3.35. The third-order valence-electron chi connectivity index (χ3n) is 2.11. The first-order valence-corrected chi connectivity index (χ1v) is 6.18. The molecular formula is C12H14BrNO3. The highest BCUT2D eigenvalue weighted by Crippen LogP contribution is 2.07. The molecule has 0 amide bonds. The number of hydrogen-bond acceptors (Lipinski definition) is 4. The van der Waals surface area contributed by atoms with Gasteiger partial charge in [0.05, 0.1) is 5.71 Å². The summed E-state index contributed by atoms with van der Waals surface area (Å²) in [4.78, 5) is 15.6. The molecule has 0 atom stereocenters. The molecule has 0 fully saturated rings. The third-order valence-corrected chi connectivity index (χ3v) is 2.57. The molecule has 5 heteroatoms. The van der Waals surface area contributed by atoms with Crippen molar-refractivity contribution in [2.75, 3.05) is 12.4 Å². The summed E-state index contributed by atoms with van der Waals surface area (Å²) in [7, 11) is 1.51. The van der Waals surface area contributed by atoms with Gasteiger partial charge in [0.2, 0.25) is 0 Å². The largest absolute Gasteiger partial charge is 0.460 e. The lowest BCUT2D eigenvalue weighted by atomic mass is 10.1. The fraction of sp³-hybridized carbons (Fsp3) is 0.333. The fourth-order valence-electron chi connectivity index (χ4n) is 1.23. The van der Waals surface area contributed by atoms with E-state index in [1.807, 2.05) is 31.2 Å². The number of oxime groups is 1. The third kappa shape index (κ3) is 4.56. The summed E-state index contributed by atoms with van der Waals surface area (Å²) in [5, 5.41) is 4.05. The molecule has 0 saturated carbocycles. The zero-order chi connectivity index (χ0) is 12.7. The normalized spacial score (nSPS) is 11.1. The fourth-order valence-corrected chi connectivity index (χ4v) is 1.40. The van der Waals surface area contributed by atoms with Crippen molar-refractivity contribution in [3.63, 3.8) is 0 Å². The molecule has 0 N–H and O–H groups in total. The number of rotatable bonds is 5. The summed E-state index contributed by atoms with van der Waals surface area (Å²) in [6.45, 7) is 2.15. The Hall–Kier alpha value is -1.36. The number of esters is 1. The predicted molar refractivity (Wildman–Crippen MR) is 69.3 cm³/mol. The number of hydrogen-bond donors (Lipinski definition) is 0. The van der Waals surface area contributed by atoms with Gasteiger partial charge in [-0.1, -0.05) is 45.4 Å². The molecule has 0 radical (unpaired) electrons. The minimum absolute atomic E-state index is 0.213. The van der Waals surface area contributed by atoms with Gasteiger partial charge in [-0.3, -0.25) is 4.79 Å². The first-order valence-electron chi connectivity index (χ1n) is 5.06. The quantitative estimate of drug-likeness (QED) is 0.363. The average molecular weight is 300 g/mol. The van der Waals surface area contributed by atoms with Crippen LogP contribution in [-0.2, 0) is 21.0 Å². The number of carbonyl (C=O) groups is 1. The van der Waals surface area contributed by atoms with Crippen LogP contribution in [0.5, 0.6) is 0 Å². The summed E-state index contributed by atoms with van der Waals surface area (Å²) in [6, 6.07) is 7.61. The van der Waals surface area contributed by atoms with Gasteiger partial charge in [0.15, 0.2) is 0 Å². The lowest BCUT2D eigenvalue weighted by Crippen LogP contribution is -2.05. The molecule has 0 aromatic heterocycles. The van der Waals surface area contributed by atoms with Crippen molar-refractivity contribution in [3.8, 4) is 0 Å². The van der Waals surface area contributed by atoms with Gasteiger partial charge < -0.3 is 9.57 Å². The second-order valence-corrected chi connectivity index (χ2v) is 3.91. The van der Waals surface area contributed by atoms with Crippen LogP contribution >= 0.6 is 15.9 Å². The van der Waals surface area contributed by atoms with Crippen LogP contribution in [0.15, 0.2) is 29.4 Å². The Balaban J connectivity index is 2.62. The summed E-state index contributed by atoms with van der Waals surface area (Å²) < 4.78 is 4.98. The van der Waals surface area contributed by atoms with Gasteiger partial charge in [-0.15, -0.1) is 0 Å². The Labute approximate surface area is 109 Å². The number of halogens is 1. The number of benzene rings is 1. The summed E-state index contributed by atoms with van der Waals surface area (Å²) in [5.41, 5.74) is 2.71. The van der Waals surface area contributed by atoms with Crippen LogP contribution in [0.2, 0.25) is 0 Å². The Bertz CT molecular complexity index is 401. The maximum atomic E-state index is 10.9. The molecule has 1 aromatic carbocycles. The van der Waals surface area contributed by atoms with Crippen LogP contribution in [0.1, 0.15) is 18.1 Å². The zero-order valence-electron chi connectivity index (χ0n) is 9.77. The van der Waals surface area contributed by atoms with E-state index in [1.165, 1.54) is 7.11 Å². The Morgan fingerprint density at radius 3 is 2.53 bits per heavy atom. The van der Waals surface area contributed by atoms with Crippen molar-refractivity contribution in [1.29, 1.82) is 0 Å². The number of ether oxygens (including phenoxy) is 1. The van der Waals surface area contributed by atoms with Gasteiger partial charge in [-0.2, -0.15) is 0 Å². The van der Waals surface area contributed by atoms with Crippen molar-refractivity contribution in [2.45, 2.75) is 13.5 Å². The van der Waals surface area contributed by atoms with Gasteiger partial charge in [-0.05, 0) is 18.1 Å². The molecule has 0 aliphatic heterocycles. The molecule has 1 aromatic rings. The standard InChI is InChI=1S/C12H14BrNO3/c1-9(14-16-2)11-5-3-10(4-6-11)8-17-12(15)7-13/h3-6H,7-8H2,1-2H3/b14-9+. The van der Waals surface area contributed by atoms with Crippen LogP contribution in [0.4, 0.5) is 0 Å². The average Bonchev–Trinajstić information content (AvgIpc) is 2.36. The van der Waals surface area contributed by atoms with E-state index >= 15 is 0 Å². The van der Waals surface area contributed by atoms with Crippen molar-refractivity contribution >= 4 is 27.6 Å². The highest BCUT2D eigenvalue weighted by atomic mass is 79.9. The minimum atomic E-state index is -0.272. The van der Waals surface area contributed by atoms with Crippen molar-refractivity contribution in [2.24, 2.45) is 5.16 Å². The summed E-state index contributed by atoms with van der Waals surface area (Å²) >= 11 is 3.03. The topological polar surface area (TPSA) is 47.9 Å². The molecule has 4 nitrogen and oxygen atoms in total. The van der Waals surface area contributed by atoms with Gasteiger partial charge in [0, 0.05) is 0 Å². The van der Waals surface area contributed by atoms with E-state index < -0.39 is 0 Å². The smallest absolute Gasteiger partial charge is 0.316 e. The monoisotopic (exact) mass is 299 g/mol. The van der Waals surface area contributed by atoms with Crippen molar-refractivity contribution in [1.82, 2.24) is 0 Å². The lowest BCUT2D eigenvalue weighted by molar-refractivity contribution is -0.141. The molecule has 0 unspecified atom stereocenters. The Morgan fingerprint density at radius 2 is 2.00 bits per heavy atom. The first kappa shape index (κ1) is 13.7. The number of alkyl halides is 1. The summed E-state index contributed by atoms with van der Waals surface area (Å²) in [5.74, 6) is -0.272. The van der Waals surface area contributed by atoms with E-state index in [9.17, 15) is 4.79 Å². The molecule has 17 heavy (non-hydrogen) atoms. The van der Waals surface area contributed by atoms with E-state index in [0.717, 1.165) is 16.8 Å². The lowest BCUT2D eigenvalue weighted by Gasteiger charge is -2.04. The van der Waals surface area contributed by atoms with Crippen LogP contribution in [-0.4, -0.2) is 24.1 Å². The molecule has 0 aliphatic carbocycles. The van der Waals surface area contributed by atoms with Crippen LogP contribution < -0.4 is 0 Å². The van der Waals surface area contributed by atoms with E-state index in [2.05, 4.69) is 21.1 Å². The molecule has 0 heterocycles. The SMILES string of the molecule is CO/N=C(\C)c1ccc(COC(=O)CBr)cc1. The maximum absolute atomic E-state index is 10.9. The summed E-state index contributed by atoms with van der Waals surface area (Å²) in [6.07, 6.45) is 0. The second kappa shape index (κ2) is 7.06. The van der Waals surface area contributed by atoms with Gasteiger partial charge >= 0.3 is 5.97 Å². The molecular weight excluding hydrogens is 286 g/mol. The number of carbonyl (C=O) groups excluding carboxylic acids is 1. The highest BCUT2D eigenvalue weighted by Gasteiger charge is 2.02. The van der Waals surface area contributed by atoms with Gasteiger partial charge in [0.1, 0.15) is 19.0 Å². The Morgan fingerprint density at radius 1 is 1.35 bits per heavy atom. The highest BCUT2D eigenvalue weighted by molar-refractivity contribution is 9.09. The number of nitrogens with zero attached hydrogens (tertiary/aromatic N) is 1. The first-order chi connectivity index (χ1) is 8.17. The van der Waals surface area contributed by atoms with E-state index in [-0.39, 0.29) is 17.9 Å². The van der Waals surface area contributed by atoms with Crippen LogP contribution in [0, 0.1) is 0 Å². The molecule has 92 valence electrons. The van der Waals surface area contributed by atoms with Gasteiger partial charge in [0.25, 0.3) is 0 Å². The van der Waals surface area contributed by atoms with E-state index in [1.54, 1.807) is 0 Å². The molecule has 0 saturated heterocycles. The molecule has 0 bridgehead atoms. The Kier molecular flexibility index (Phi) is 5.69. The minimum Gasteiger partial charge on any atom is -0.460 e. The van der Waals surface area contributed by atoms with Crippen molar-refractivity contribution < 1.29 is 14.4 Å². The van der Waals surface area contributed by atoms with E-state index in [4.69, 9.17) is 9.57 Å². The maximum Gasteiger partial charge on any atom is 0.316 e. The van der Waals surface area contributed by atoms with E-state index in [0.29, 0.717) is 0 Å². The van der Waals surface area contributed by atoms with Crippen LogP contribution in [0.25, 0.3) is 0 Å². The van der Waals surface area contributed by atoms with Crippen molar-refractivity contribution in [3.05, 3.63) is 35.4 Å².